The maximum Gasteiger partial charge on any atom is 0.320 e. The number of benzene rings is 1. The van der Waals surface area contributed by atoms with Crippen LogP contribution < -0.4 is 28.5 Å². The third-order valence-corrected chi connectivity index (χ3v) is 15.8. The molecule has 21 nitrogen and oxygen atoms in total. The lowest BCUT2D eigenvalue weighted by Crippen LogP contribution is -2.48. The molecule has 3 heterocycles. The van der Waals surface area contributed by atoms with Crippen molar-refractivity contribution in [2.24, 2.45) is 29.2 Å². The van der Waals surface area contributed by atoms with Gasteiger partial charge in [-0.25, -0.2) is 19.9 Å². The van der Waals surface area contributed by atoms with Crippen molar-refractivity contribution in [2.45, 2.75) is 126 Å². The predicted molar refractivity (Wildman–Crippen MR) is 307 cm³/mol. The Kier molecular flexibility index (Phi) is 24.5. The minimum Gasteiger partial charge on any atom is -0.508 e. The second-order valence-corrected chi connectivity index (χ2v) is 22.0. The van der Waals surface area contributed by atoms with E-state index in [1.54, 1.807) is 86.0 Å². The highest BCUT2D eigenvalue weighted by Gasteiger charge is 2.43. The second kappa shape index (κ2) is 30.1. The van der Waals surface area contributed by atoms with Gasteiger partial charge in [0.25, 0.3) is 0 Å². The molecule has 6 rings (SSSR count). The summed E-state index contributed by atoms with van der Waals surface area (Å²) in [6.07, 6.45) is 11.5. The minimum absolute atomic E-state index is 0.0416. The van der Waals surface area contributed by atoms with Gasteiger partial charge in [0.05, 0.1) is 43.7 Å². The number of carboxylic acid groups (broad SMARTS) is 1. The first-order valence-electron chi connectivity index (χ1n) is 25.6. The van der Waals surface area contributed by atoms with E-state index >= 15 is 0 Å². The summed E-state index contributed by atoms with van der Waals surface area (Å²) in [5, 5.41) is 17.5. The van der Waals surface area contributed by atoms with E-state index in [2.05, 4.69) is 50.9 Å². The van der Waals surface area contributed by atoms with Crippen LogP contribution >= 0.6 is 21.6 Å². The number of carboxylic acids is 1. The lowest BCUT2D eigenvalue weighted by molar-refractivity contribution is -0.148. The van der Waals surface area contributed by atoms with Crippen LogP contribution in [0.15, 0.2) is 98.1 Å². The van der Waals surface area contributed by atoms with Crippen LogP contribution in [0, 0.1) is 31.6 Å². The number of nitrogens with zero attached hydrogens (tertiary/aromatic N) is 6. The molecule has 1 aromatic carbocycles. The Hall–Kier alpha value is -7.34. The number of aromatic amines is 1. The Bertz CT molecular complexity index is 2880. The number of ether oxygens (including phenoxy) is 2. The van der Waals surface area contributed by atoms with Crippen LogP contribution in [0.25, 0.3) is 0 Å². The summed E-state index contributed by atoms with van der Waals surface area (Å²) in [5.74, 6) is -0.261. The number of amides is 2. The van der Waals surface area contributed by atoms with Crippen molar-refractivity contribution in [3.8, 4) is 5.75 Å². The molecular formula is C56H75N11O10S2. The van der Waals surface area contributed by atoms with E-state index in [1.807, 2.05) is 6.07 Å². The van der Waals surface area contributed by atoms with Gasteiger partial charge < -0.3 is 57.4 Å². The second-order valence-electron chi connectivity index (χ2n) is 19.7. The van der Waals surface area contributed by atoms with Crippen LogP contribution in [0.1, 0.15) is 114 Å². The first-order valence-corrected chi connectivity index (χ1v) is 27.8. The van der Waals surface area contributed by atoms with Crippen LogP contribution in [0.2, 0.25) is 0 Å². The molecule has 23 heteroatoms. The Labute approximate surface area is 469 Å². The lowest BCUT2D eigenvalue weighted by atomic mass is 9.63. The third kappa shape index (κ3) is 18.6. The molecule has 2 aliphatic rings. The number of aromatic hydroxyl groups is 1. The highest BCUT2D eigenvalue weighted by atomic mass is 33.1. The number of aliphatic carboxylic acids is 1. The van der Waals surface area contributed by atoms with Gasteiger partial charge in [0.15, 0.2) is 0 Å². The Morgan fingerprint density at radius 1 is 0.823 bits per heavy atom. The molecule has 0 unspecified atom stereocenters. The summed E-state index contributed by atoms with van der Waals surface area (Å²) in [5.41, 5.74) is 31.6. The summed E-state index contributed by atoms with van der Waals surface area (Å²) in [4.78, 5) is 95.2. The average molecular weight is 1130 g/mol. The normalized spacial score (nSPS) is 16.8. The van der Waals surface area contributed by atoms with Crippen LogP contribution in [0.5, 0.6) is 5.75 Å². The molecule has 79 heavy (non-hydrogen) atoms. The van der Waals surface area contributed by atoms with E-state index in [9.17, 15) is 28.8 Å². The number of allylic oxidation sites excluding steroid dienone is 4. The number of anilines is 2. The van der Waals surface area contributed by atoms with E-state index in [-0.39, 0.29) is 79.4 Å². The highest BCUT2D eigenvalue weighted by molar-refractivity contribution is 8.79. The van der Waals surface area contributed by atoms with Crippen molar-refractivity contribution in [2.75, 3.05) is 24.7 Å². The highest BCUT2D eigenvalue weighted by Crippen LogP contribution is 2.48. The van der Waals surface area contributed by atoms with Gasteiger partial charge in [-0.15, -0.1) is 0 Å². The summed E-state index contributed by atoms with van der Waals surface area (Å²) >= 11 is 0. The summed E-state index contributed by atoms with van der Waals surface area (Å²) in [7, 11) is 2.69. The van der Waals surface area contributed by atoms with Crippen LogP contribution in [-0.2, 0) is 64.9 Å². The molecule has 4 aromatic rings. The first kappa shape index (κ1) is 64.2. The van der Waals surface area contributed by atoms with Gasteiger partial charge in [0, 0.05) is 75.2 Å². The fourth-order valence-corrected chi connectivity index (χ4v) is 11.3. The number of nitrogens with one attached hydrogen (secondary N) is 1. The summed E-state index contributed by atoms with van der Waals surface area (Å²) in [6.45, 7) is 18.6. The number of esters is 2. The number of phenolic OH excluding ortho intramolecular Hbond substituents is 1. The van der Waals surface area contributed by atoms with Gasteiger partial charge in [0.2, 0.25) is 18.4 Å². The number of carbonyl (C=O) groups excluding carboxylic acids is 4. The minimum atomic E-state index is -1.02. The number of aromatic nitrogens is 5. The number of nitrogen functional groups attached to an aromatic ring is 2. The van der Waals surface area contributed by atoms with Gasteiger partial charge >= 0.3 is 17.9 Å². The zero-order valence-corrected chi connectivity index (χ0v) is 48.2. The van der Waals surface area contributed by atoms with Crippen LogP contribution in [0.4, 0.5) is 11.6 Å². The van der Waals surface area contributed by atoms with E-state index in [4.69, 9.17) is 42.6 Å². The van der Waals surface area contributed by atoms with Crippen molar-refractivity contribution >= 4 is 64.0 Å². The number of H-pyrrole nitrogens is 1. The van der Waals surface area contributed by atoms with E-state index in [1.165, 1.54) is 54.7 Å². The van der Waals surface area contributed by atoms with Gasteiger partial charge in [-0.3, -0.25) is 28.8 Å². The van der Waals surface area contributed by atoms with Gasteiger partial charge in [-0.2, -0.15) is 0 Å². The summed E-state index contributed by atoms with van der Waals surface area (Å²) in [6, 6.07) is 8.90. The zero-order valence-electron chi connectivity index (χ0n) is 46.6. The van der Waals surface area contributed by atoms with E-state index in [0.29, 0.717) is 65.7 Å². The maximum absolute atomic E-state index is 12.3. The fraction of sp³-hybridized carbons (Fsp3) is 0.429. The number of hydrogen-bond acceptors (Lipinski definition) is 19. The zero-order chi connectivity index (χ0) is 58.7. The number of phenols is 1. The molecule has 0 spiro atoms. The molecule has 2 amide bonds. The molecule has 0 saturated heterocycles. The number of fused-ring (bicyclic) bond motifs is 4. The molecule has 0 fully saturated rings. The summed E-state index contributed by atoms with van der Waals surface area (Å²) < 4.78 is 10.9. The SMILES string of the molecule is C/C(=C(/CCOC(=O)C(C)C)SS/C(CCOC(=O)C(C)C)=C(\C)N(C=O)Cc1cnc(C)nc1N)N(C=O)Cc1cnc(C)nc1N.CC=C1[C@H]2C=C(C)C[C@]1(N)c1ccc(=O)[nH]c1C2.N[C@@H](Cc1ccc(O)cc1)C(=O)O. The third-order valence-electron chi connectivity index (χ3n) is 12.9. The molecular weight excluding hydrogens is 1050 g/mol. The van der Waals surface area contributed by atoms with E-state index in [0.717, 1.165) is 39.5 Å². The average Bonchev–Trinajstić information content (AvgIpc) is 3.41. The number of nitrogens with two attached hydrogens (primary N) is 4. The van der Waals surface area contributed by atoms with Crippen molar-refractivity contribution in [3.05, 3.63) is 143 Å². The monoisotopic (exact) mass is 1130 g/mol. The van der Waals surface area contributed by atoms with Gasteiger partial charge in [-0.1, -0.05) is 79.1 Å². The quantitative estimate of drug-likeness (QED) is 0.0180. The molecule has 0 saturated carbocycles. The number of carbonyl (C=O) groups is 5. The molecule has 0 radical (unpaired) electrons. The standard InChI is InChI=1S/C32H46N8O6S2.C15H18N2O.C9H11NO3/c1-19(2)31(43)45-11-9-27(21(5)39(17-41)15-25-13-35-23(7)37-29(25)33)47-48-28(10-12-46-32(44)20(3)4)22(6)40(18-42)16-26-14-36-24(8)38-30(26)34;1-3-11-10-6-9(2)8-15(11,16)12-4-5-14(18)17-13(12)7-10;10-8(9(12)13)5-6-1-3-7(11)4-2-6/h13-14,17-20H,9-12,15-16H2,1-8H3,(H2,33,35,37)(H2,34,36,38);3-6,10H,7-8,16H2,1-2H3,(H,17,18);1-4,8,11H,5,10H2,(H,12,13)/b27-21+,28-22+;;/t;10-,15+;8-/m.00/s1. The number of hydrogen-bond donors (Lipinski definition) is 7. The van der Waals surface area contributed by atoms with Crippen molar-refractivity contribution in [1.82, 2.24) is 34.7 Å². The van der Waals surface area contributed by atoms with Crippen LogP contribution in [-0.4, -0.2) is 94.9 Å². The molecule has 3 atom stereocenters. The molecule has 2 aliphatic carbocycles. The maximum atomic E-state index is 12.3. The van der Waals surface area contributed by atoms with Gasteiger partial charge in [0.1, 0.15) is 35.1 Å². The van der Waals surface area contributed by atoms with Crippen molar-refractivity contribution in [3.63, 3.8) is 0 Å². The van der Waals surface area contributed by atoms with E-state index < -0.39 is 17.6 Å². The van der Waals surface area contributed by atoms with Crippen molar-refractivity contribution < 1.29 is 43.7 Å². The Morgan fingerprint density at radius 3 is 1.72 bits per heavy atom. The molecule has 2 bridgehead atoms. The first-order chi connectivity index (χ1) is 37.3. The molecule has 3 aromatic heterocycles. The number of rotatable bonds is 22. The molecule has 0 aliphatic heterocycles. The number of pyridine rings is 1. The number of aryl methyl sites for hydroxylation is 2. The van der Waals surface area contributed by atoms with Crippen molar-refractivity contribution in [1.29, 1.82) is 0 Å². The van der Waals surface area contributed by atoms with Gasteiger partial charge in [-0.05, 0) is 95.7 Å². The topological polar surface area (TPSA) is 339 Å². The predicted octanol–water partition coefficient (Wildman–Crippen LogP) is 7.03. The molecule has 11 N–H and O–H groups in total. The fourth-order valence-electron chi connectivity index (χ4n) is 8.46. The Morgan fingerprint density at radius 2 is 1.30 bits per heavy atom. The largest absolute Gasteiger partial charge is 0.508 e. The molecule has 426 valence electrons. The Balaban J connectivity index is 0.000000345. The van der Waals surface area contributed by atoms with Crippen LogP contribution in [0.3, 0.4) is 0 Å². The smallest absolute Gasteiger partial charge is 0.320 e. The lowest BCUT2D eigenvalue weighted by Gasteiger charge is -2.45.